The minimum Gasteiger partial charge on any atom is -0.305 e. The van der Waals surface area contributed by atoms with E-state index in [1.165, 1.54) is 5.69 Å². The first-order valence-corrected chi connectivity index (χ1v) is 6.84. The van der Waals surface area contributed by atoms with Crippen LogP contribution in [-0.4, -0.2) is 14.8 Å². The Morgan fingerprint density at radius 1 is 1.33 bits per heavy atom. The summed E-state index contributed by atoms with van der Waals surface area (Å²) in [7, 11) is 0. The van der Waals surface area contributed by atoms with E-state index < -0.39 is 0 Å². The van der Waals surface area contributed by atoms with Crippen molar-refractivity contribution < 1.29 is 0 Å². The predicted molar refractivity (Wildman–Crippen MR) is 75.1 cm³/mol. The lowest BCUT2D eigenvalue weighted by Gasteiger charge is -2.07. The van der Waals surface area contributed by atoms with Crippen molar-refractivity contribution in [1.29, 1.82) is 0 Å². The van der Waals surface area contributed by atoms with Gasteiger partial charge in [0.2, 0.25) is 0 Å². The monoisotopic (exact) mass is 308 g/mol. The second-order valence-corrected chi connectivity index (χ2v) is 4.88. The van der Waals surface area contributed by atoms with Gasteiger partial charge in [-0.3, -0.25) is 9.67 Å². The van der Waals surface area contributed by atoms with Gasteiger partial charge in [0, 0.05) is 25.8 Å². The third-order valence-electron chi connectivity index (χ3n) is 2.78. The van der Waals surface area contributed by atoms with E-state index >= 15 is 0 Å². The van der Waals surface area contributed by atoms with Crippen LogP contribution in [0.4, 0.5) is 0 Å². The molecule has 0 fully saturated rings. The molecule has 0 bridgehead atoms. The zero-order valence-corrected chi connectivity index (χ0v) is 12.2. The normalized spacial score (nSPS) is 10.8. The molecule has 0 saturated heterocycles. The highest BCUT2D eigenvalue weighted by Crippen LogP contribution is 2.20. The van der Waals surface area contributed by atoms with Crippen LogP contribution >= 0.6 is 15.9 Å². The lowest BCUT2D eigenvalue weighted by molar-refractivity contribution is 0.575. The second kappa shape index (κ2) is 6.11. The predicted octanol–water partition coefficient (Wildman–Crippen LogP) is 2.66. The Balaban J connectivity index is 1.98. The molecule has 4 nitrogen and oxygen atoms in total. The van der Waals surface area contributed by atoms with E-state index in [4.69, 9.17) is 0 Å². The molecule has 2 heterocycles. The first-order valence-electron chi connectivity index (χ1n) is 6.04. The Kier molecular flexibility index (Phi) is 4.49. The van der Waals surface area contributed by atoms with Gasteiger partial charge in [0.1, 0.15) is 0 Å². The fraction of sp³-hybridized carbons (Fsp3) is 0.385. The van der Waals surface area contributed by atoms with Gasteiger partial charge in [-0.15, -0.1) is 0 Å². The van der Waals surface area contributed by atoms with Crippen LogP contribution in [0.1, 0.15) is 24.0 Å². The maximum atomic E-state index is 4.47. The number of nitrogens with zero attached hydrogens (tertiary/aromatic N) is 3. The number of nitrogens with one attached hydrogen (secondary N) is 1. The smallest absolute Gasteiger partial charge is 0.0739 e. The first-order chi connectivity index (χ1) is 8.72. The van der Waals surface area contributed by atoms with Crippen LogP contribution in [0.25, 0.3) is 0 Å². The number of hydrogen-bond acceptors (Lipinski definition) is 3. The first kappa shape index (κ1) is 13.2. The molecule has 0 spiro atoms. The van der Waals surface area contributed by atoms with E-state index in [9.17, 15) is 0 Å². The summed E-state index contributed by atoms with van der Waals surface area (Å²) in [4.78, 5) is 4.28. The Labute approximate surface area is 116 Å². The van der Waals surface area contributed by atoms with Crippen molar-refractivity contribution in [2.45, 2.75) is 33.5 Å². The largest absolute Gasteiger partial charge is 0.305 e. The van der Waals surface area contributed by atoms with Crippen LogP contribution in [0.3, 0.4) is 0 Å². The summed E-state index contributed by atoms with van der Waals surface area (Å²) in [6.45, 7) is 6.54. The SMILES string of the molecule is CCn1nc(C)c(Br)c1CNCc1ccccn1. The minimum absolute atomic E-state index is 0.765. The topological polar surface area (TPSA) is 42.7 Å². The molecule has 0 radical (unpaired) electrons. The van der Waals surface area contributed by atoms with Crippen LogP contribution in [0.2, 0.25) is 0 Å². The summed E-state index contributed by atoms with van der Waals surface area (Å²) >= 11 is 3.59. The molecule has 0 aromatic carbocycles. The number of pyridine rings is 1. The summed E-state index contributed by atoms with van der Waals surface area (Å²) in [5.41, 5.74) is 3.27. The zero-order chi connectivity index (χ0) is 13.0. The molecule has 0 unspecified atom stereocenters. The van der Waals surface area contributed by atoms with Crippen molar-refractivity contribution >= 4 is 15.9 Å². The Bertz CT molecular complexity index is 507. The van der Waals surface area contributed by atoms with Gasteiger partial charge in [-0.1, -0.05) is 6.07 Å². The average molecular weight is 309 g/mol. The maximum Gasteiger partial charge on any atom is 0.0739 e. The molecule has 0 aliphatic carbocycles. The van der Waals surface area contributed by atoms with Crippen LogP contribution in [-0.2, 0) is 19.6 Å². The summed E-state index contributed by atoms with van der Waals surface area (Å²) in [6.07, 6.45) is 1.81. The minimum atomic E-state index is 0.765. The second-order valence-electron chi connectivity index (χ2n) is 4.09. The van der Waals surface area contributed by atoms with E-state index in [1.807, 2.05) is 36.0 Å². The van der Waals surface area contributed by atoms with Gasteiger partial charge < -0.3 is 5.32 Å². The summed E-state index contributed by atoms with van der Waals surface area (Å²) in [5, 5.41) is 7.86. The molecule has 2 rings (SSSR count). The van der Waals surface area contributed by atoms with Crippen molar-refractivity contribution in [3.8, 4) is 0 Å². The van der Waals surface area contributed by atoms with Crippen molar-refractivity contribution in [3.05, 3.63) is 46.0 Å². The van der Waals surface area contributed by atoms with Gasteiger partial charge in [-0.2, -0.15) is 5.10 Å². The fourth-order valence-electron chi connectivity index (χ4n) is 1.85. The molecule has 0 atom stereocenters. The number of aromatic nitrogens is 3. The third kappa shape index (κ3) is 2.97. The van der Waals surface area contributed by atoms with Crippen molar-refractivity contribution in [3.63, 3.8) is 0 Å². The Morgan fingerprint density at radius 3 is 2.83 bits per heavy atom. The van der Waals surface area contributed by atoms with Gasteiger partial charge in [-0.05, 0) is 41.9 Å². The summed E-state index contributed by atoms with van der Waals surface area (Å²) in [6, 6.07) is 5.94. The van der Waals surface area contributed by atoms with Crippen LogP contribution in [0, 0.1) is 6.92 Å². The molecule has 18 heavy (non-hydrogen) atoms. The van der Waals surface area contributed by atoms with E-state index in [-0.39, 0.29) is 0 Å². The molecule has 0 amide bonds. The molecule has 2 aromatic heterocycles. The number of halogens is 1. The van der Waals surface area contributed by atoms with Gasteiger partial charge in [-0.25, -0.2) is 0 Å². The highest BCUT2D eigenvalue weighted by molar-refractivity contribution is 9.10. The summed E-state index contributed by atoms with van der Waals surface area (Å²) < 4.78 is 3.11. The highest BCUT2D eigenvalue weighted by Gasteiger charge is 2.11. The van der Waals surface area contributed by atoms with Crippen molar-refractivity contribution in [2.24, 2.45) is 0 Å². The van der Waals surface area contributed by atoms with Crippen LogP contribution in [0.5, 0.6) is 0 Å². The zero-order valence-electron chi connectivity index (χ0n) is 10.7. The van der Waals surface area contributed by atoms with Crippen LogP contribution < -0.4 is 5.32 Å². The van der Waals surface area contributed by atoms with Gasteiger partial charge in [0.15, 0.2) is 0 Å². The fourth-order valence-corrected chi connectivity index (χ4v) is 2.27. The molecular weight excluding hydrogens is 292 g/mol. The lowest BCUT2D eigenvalue weighted by atomic mass is 10.3. The van der Waals surface area contributed by atoms with E-state index in [2.05, 4.69) is 38.3 Å². The van der Waals surface area contributed by atoms with Crippen molar-refractivity contribution in [1.82, 2.24) is 20.1 Å². The van der Waals surface area contributed by atoms with Gasteiger partial charge in [0.25, 0.3) is 0 Å². The number of aryl methyl sites for hydroxylation is 2. The highest BCUT2D eigenvalue weighted by atomic mass is 79.9. The summed E-state index contributed by atoms with van der Waals surface area (Å²) in [5.74, 6) is 0. The number of rotatable bonds is 5. The van der Waals surface area contributed by atoms with E-state index in [1.54, 1.807) is 0 Å². The third-order valence-corrected chi connectivity index (χ3v) is 3.81. The molecule has 0 aliphatic rings. The average Bonchev–Trinajstić information content (AvgIpc) is 2.67. The van der Waals surface area contributed by atoms with E-state index in [0.717, 1.165) is 35.5 Å². The van der Waals surface area contributed by atoms with E-state index in [0.29, 0.717) is 0 Å². The maximum absolute atomic E-state index is 4.47. The Morgan fingerprint density at radius 2 is 2.17 bits per heavy atom. The Hall–Kier alpha value is -1.20. The lowest BCUT2D eigenvalue weighted by Crippen LogP contribution is -2.17. The molecular formula is C13H17BrN4. The standard InChI is InChI=1S/C13H17BrN4/c1-3-18-12(13(14)10(2)17-18)9-15-8-11-6-4-5-7-16-11/h4-7,15H,3,8-9H2,1-2H3. The van der Waals surface area contributed by atoms with Gasteiger partial charge >= 0.3 is 0 Å². The molecule has 0 saturated carbocycles. The molecule has 5 heteroatoms. The van der Waals surface area contributed by atoms with Crippen molar-refractivity contribution in [2.75, 3.05) is 0 Å². The number of hydrogen-bond donors (Lipinski definition) is 1. The van der Waals surface area contributed by atoms with Gasteiger partial charge in [0.05, 0.1) is 21.6 Å². The molecule has 2 aromatic rings. The molecule has 0 aliphatic heterocycles. The molecule has 96 valence electrons. The van der Waals surface area contributed by atoms with Crippen LogP contribution in [0.15, 0.2) is 28.9 Å². The quantitative estimate of drug-likeness (QED) is 0.923. The molecule has 1 N–H and O–H groups in total.